The number of aromatic nitrogens is 3. The zero-order valence-corrected chi connectivity index (χ0v) is 14.4. The Bertz CT molecular complexity index is 893. The summed E-state index contributed by atoms with van der Waals surface area (Å²) >= 11 is 0. The number of anilines is 1. The lowest BCUT2D eigenvalue weighted by molar-refractivity contribution is 0.142. The monoisotopic (exact) mass is 348 g/mol. The summed E-state index contributed by atoms with van der Waals surface area (Å²) in [6.07, 6.45) is 1.58. The van der Waals surface area contributed by atoms with Crippen molar-refractivity contribution in [1.29, 1.82) is 0 Å². The van der Waals surface area contributed by atoms with Crippen molar-refractivity contribution in [2.24, 2.45) is 0 Å². The van der Waals surface area contributed by atoms with Gasteiger partial charge in [-0.1, -0.05) is 24.3 Å². The maximum atomic E-state index is 12.3. The number of nitrogens with one attached hydrogen (secondary N) is 1. The molecule has 2 amide bonds. The maximum Gasteiger partial charge on any atom is 0.323 e. The van der Waals surface area contributed by atoms with Crippen molar-refractivity contribution in [1.82, 2.24) is 25.0 Å². The number of benzene rings is 1. The van der Waals surface area contributed by atoms with Gasteiger partial charge in [-0.05, 0) is 24.3 Å². The molecule has 1 N–H and O–H groups in total. The molecule has 1 aliphatic heterocycles. The predicted molar refractivity (Wildman–Crippen MR) is 99.6 cm³/mol. The Morgan fingerprint density at radius 2 is 1.85 bits per heavy atom. The van der Waals surface area contributed by atoms with Crippen LogP contribution in [0.2, 0.25) is 0 Å². The normalized spacial score (nSPS) is 15.2. The highest BCUT2D eigenvalue weighted by atomic mass is 16.2. The van der Waals surface area contributed by atoms with Gasteiger partial charge in [0.1, 0.15) is 0 Å². The van der Waals surface area contributed by atoms with E-state index in [1.165, 1.54) is 0 Å². The Balaban J connectivity index is 1.32. The zero-order valence-electron chi connectivity index (χ0n) is 14.4. The summed E-state index contributed by atoms with van der Waals surface area (Å²) in [5.41, 5.74) is 2.08. The van der Waals surface area contributed by atoms with Crippen molar-refractivity contribution in [3.63, 3.8) is 0 Å². The van der Waals surface area contributed by atoms with E-state index >= 15 is 0 Å². The van der Waals surface area contributed by atoms with Gasteiger partial charge in [-0.25, -0.2) is 4.79 Å². The molecule has 1 aliphatic rings. The summed E-state index contributed by atoms with van der Waals surface area (Å²) < 4.78 is 0. The molecule has 2 aromatic heterocycles. The summed E-state index contributed by atoms with van der Waals surface area (Å²) in [5.74, 6) is 0.472. The first kappa shape index (κ1) is 16.4. The van der Waals surface area contributed by atoms with Crippen LogP contribution in [0, 0.1) is 0 Å². The van der Waals surface area contributed by atoms with Crippen LogP contribution in [0.15, 0.2) is 54.7 Å². The molecule has 0 bridgehead atoms. The van der Waals surface area contributed by atoms with E-state index in [0.29, 0.717) is 18.9 Å². The van der Waals surface area contributed by atoms with E-state index in [0.717, 1.165) is 36.2 Å². The number of para-hydroxylation sites is 1. The average Bonchev–Trinajstić information content (AvgIpc) is 2.69. The van der Waals surface area contributed by atoms with Gasteiger partial charge in [0.25, 0.3) is 0 Å². The number of hydrogen-bond donors (Lipinski definition) is 1. The minimum absolute atomic E-state index is 0.131. The van der Waals surface area contributed by atoms with Gasteiger partial charge in [-0.3, -0.25) is 15.2 Å². The molecule has 1 fully saturated rings. The van der Waals surface area contributed by atoms with Gasteiger partial charge in [0.2, 0.25) is 0 Å². The third kappa shape index (κ3) is 3.78. The van der Waals surface area contributed by atoms with Gasteiger partial charge in [-0.2, -0.15) is 5.10 Å². The minimum Gasteiger partial charge on any atom is -0.322 e. The number of piperazine rings is 1. The number of pyridine rings is 1. The van der Waals surface area contributed by atoms with Gasteiger partial charge in [-0.15, -0.1) is 5.10 Å². The van der Waals surface area contributed by atoms with Crippen molar-refractivity contribution >= 4 is 22.8 Å². The minimum atomic E-state index is -0.131. The third-order valence-corrected chi connectivity index (χ3v) is 4.51. The first-order valence-electron chi connectivity index (χ1n) is 8.68. The molecule has 26 heavy (non-hydrogen) atoms. The summed E-state index contributed by atoms with van der Waals surface area (Å²) in [6.45, 7) is 3.80. The number of urea groups is 1. The molecule has 0 atom stereocenters. The van der Waals surface area contributed by atoms with Crippen molar-refractivity contribution in [2.45, 2.75) is 6.54 Å². The zero-order chi connectivity index (χ0) is 17.8. The molecule has 0 radical (unpaired) electrons. The van der Waals surface area contributed by atoms with Crippen LogP contribution in [0.1, 0.15) is 5.69 Å². The van der Waals surface area contributed by atoms with E-state index in [2.05, 4.69) is 38.6 Å². The number of fused-ring (bicyclic) bond motifs is 1. The van der Waals surface area contributed by atoms with Gasteiger partial charge in [0.05, 0.1) is 11.2 Å². The van der Waals surface area contributed by atoms with Crippen LogP contribution in [-0.4, -0.2) is 57.2 Å². The molecular weight excluding hydrogens is 328 g/mol. The van der Waals surface area contributed by atoms with Crippen molar-refractivity contribution in [3.05, 3.63) is 60.4 Å². The van der Waals surface area contributed by atoms with Crippen LogP contribution in [0.4, 0.5) is 10.6 Å². The molecule has 0 unspecified atom stereocenters. The smallest absolute Gasteiger partial charge is 0.322 e. The second kappa shape index (κ2) is 7.45. The predicted octanol–water partition coefficient (Wildman–Crippen LogP) is 2.37. The molecule has 3 heterocycles. The lowest BCUT2D eigenvalue weighted by Gasteiger charge is -2.34. The Morgan fingerprint density at radius 3 is 2.65 bits per heavy atom. The Morgan fingerprint density at radius 1 is 1.00 bits per heavy atom. The highest BCUT2D eigenvalue weighted by Crippen LogP contribution is 2.14. The molecule has 0 spiro atoms. The molecular formula is C19H20N6O. The lowest BCUT2D eigenvalue weighted by Crippen LogP contribution is -2.49. The Labute approximate surface area is 151 Å². The fraction of sp³-hybridized carbons (Fsp3) is 0.263. The van der Waals surface area contributed by atoms with Gasteiger partial charge in [0, 0.05) is 44.3 Å². The summed E-state index contributed by atoms with van der Waals surface area (Å²) in [6, 6.07) is 15.7. The second-order valence-electron chi connectivity index (χ2n) is 6.30. The van der Waals surface area contributed by atoms with Gasteiger partial charge in [0.15, 0.2) is 5.82 Å². The maximum absolute atomic E-state index is 12.3. The molecule has 7 heteroatoms. The second-order valence-corrected chi connectivity index (χ2v) is 6.30. The van der Waals surface area contributed by atoms with E-state index in [-0.39, 0.29) is 6.03 Å². The van der Waals surface area contributed by atoms with E-state index < -0.39 is 0 Å². The summed E-state index contributed by atoms with van der Waals surface area (Å²) in [5, 5.41) is 11.6. The number of carbonyl (C=O) groups excluding carboxylic acids is 1. The fourth-order valence-corrected chi connectivity index (χ4v) is 3.09. The van der Waals surface area contributed by atoms with Crippen molar-refractivity contribution < 1.29 is 4.79 Å². The summed E-state index contributed by atoms with van der Waals surface area (Å²) in [4.78, 5) is 21.2. The van der Waals surface area contributed by atoms with Crippen molar-refractivity contribution in [3.8, 4) is 0 Å². The fourth-order valence-electron chi connectivity index (χ4n) is 3.09. The van der Waals surface area contributed by atoms with Crippen molar-refractivity contribution in [2.75, 3.05) is 31.5 Å². The average molecular weight is 348 g/mol. The highest BCUT2D eigenvalue weighted by Gasteiger charge is 2.21. The van der Waals surface area contributed by atoms with E-state index in [9.17, 15) is 4.79 Å². The standard InChI is InChI=1S/C19H20N6O/c26-19(22-18-6-3-9-20-23-18)25-12-10-24(11-13-25)14-16-8-7-15-4-1-2-5-17(15)21-16/h1-9H,10-14H2,(H,22,23,26). The SMILES string of the molecule is O=C(Nc1cccnn1)N1CCN(Cc2ccc3ccccc3n2)CC1. The van der Waals surface area contributed by atoms with E-state index in [1.54, 1.807) is 23.2 Å². The molecule has 7 nitrogen and oxygen atoms in total. The number of nitrogens with zero attached hydrogens (tertiary/aromatic N) is 5. The van der Waals surface area contributed by atoms with Crippen LogP contribution in [-0.2, 0) is 6.54 Å². The number of hydrogen-bond acceptors (Lipinski definition) is 5. The van der Waals surface area contributed by atoms with Gasteiger partial charge >= 0.3 is 6.03 Å². The lowest BCUT2D eigenvalue weighted by atomic mass is 10.2. The molecule has 0 saturated carbocycles. The largest absolute Gasteiger partial charge is 0.323 e. The van der Waals surface area contributed by atoms with E-state index in [4.69, 9.17) is 4.98 Å². The first-order valence-corrected chi connectivity index (χ1v) is 8.68. The van der Waals surface area contributed by atoms with E-state index in [1.807, 2.05) is 18.2 Å². The summed E-state index contributed by atoms with van der Waals surface area (Å²) in [7, 11) is 0. The topological polar surface area (TPSA) is 74.2 Å². The van der Waals surface area contributed by atoms with Crippen LogP contribution in [0.3, 0.4) is 0 Å². The first-order chi connectivity index (χ1) is 12.8. The molecule has 132 valence electrons. The van der Waals surface area contributed by atoms with Crippen LogP contribution in [0.5, 0.6) is 0 Å². The highest BCUT2D eigenvalue weighted by molar-refractivity contribution is 5.88. The molecule has 1 aromatic carbocycles. The van der Waals surface area contributed by atoms with Crippen LogP contribution in [0.25, 0.3) is 10.9 Å². The van der Waals surface area contributed by atoms with Crippen LogP contribution >= 0.6 is 0 Å². The quantitative estimate of drug-likeness (QED) is 0.787. The Kier molecular flexibility index (Phi) is 4.70. The third-order valence-electron chi connectivity index (χ3n) is 4.51. The number of carbonyl (C=O) groups is 1. The molecule has 3 aromatic rings. The molecule has 4 rings (SSSR count). The van der Waals surface area contributed by atoms with Crippen LogP contribution < -0.4 is 5.32 Å². The number of amides is 2. The van der Waals surface area contributed by atoms with Gasteiger partial charge < -0.3 is 4.90 Å². The number of rotatable bonds is 3. The Hall–Kier alpha value is -3.06. The molecule has 1 saturated heterocycles. The molecule has 0 aliphatic carbocycles.